The van der Waals surface area contributed by atoms with Crippen molar-refractivity contribution in [1.29, 1.82) is 5.41 Å². The summed E-state index contributed by atoms with van der Waals surface area (Å²) < 4.78 is 0. The predicted molar refractivity (Wildman–Crippen MR) is 43.7 cm³/mol. The van der Waals surface area contributed by atoms with Crippen LogP contribution in [0.4, 0.5) is 0 Å². The highest BCUT2D eigenvalue weighted by Gasteiger charge is 1.96. The van der Waals surface area contributed by atoms with E-state index in [1.165, 1.54) is 0 Å². The minimum Gasteiger partial charge on any atom is -0.384 e. The van der Waals surface area contributed by atoms with E-state index < -0.39 is 0 Å². The van der Waals surface area contributed by atoms with Gasteiger partial charge in [-0.2, -0.15) is 0 Å². The van der Waals surface area contributed by atoms with Gasteiger partial charge < -0.3 is 5.73 Å². The SMILES string of the molecule is C#C/C=C(\CCC)C(=N)N. The molecule has 0 heterocycles. The average Bonchev–Trinajstić information content (AvgIpc) is 1.87. The smallest absolute Gasteiger partial charge is 0.119 e. The number of hydrogen-bond acceptors (Lipinski definition) is 1. The molecule has 10 heavy (non-hydrogen) atoms. The number of hydrogen-bond donors (Lipinski definition) is 2. The van der Waals surface area contributed by atoms with Crippen LogP contribution >= 0.6 is 0 Å². The van der Waals surface area contributed by atoms with Gasteiger partial charge in [-0.3, -0.25) is 5.41 Å². The number of amidine groups is 1. The fourth-order valence-corrected chi connectivity index (χ4v) is 0.655. The Morgan fingerprint density at radius 3 is 2.70 bits per heavy atom. The molecule has 0 atom stereocenters. The Morgan fingerprint density at radius 1 is 1.80 bits per heavy atom. The lowest BCUT2D eigenvalue weighted by atomic mass is 10.1. The number of rotatable bonds is 3. The van der Waals surface area contributed by atoms with Crippen molar-refractivity contribution in [2.75, 3.05) is 0 Å². The van der Waals surface area contributed by atoms with E-state index in [9.17, 15) is 0 Å². The van der Waals surface area contributed by atoms with Crippen LogP contribution in [0.5, 0.6) is 0 Å². The Bertz CT molecular complexity index is 184. The molecule has 0 saturated heterocycles. The number of nitrogens with one attached hydrogen (secondary N) is 1. The lowest BCUT2D eigenvalue weighted by Crippen LogP contribution is -2.12. The fraction of sp³-hybridized carbons (Fsp3) is 0.375. The Balaban J connectivity index is 4.15. The minimum absolute atomic E-state index is 0.0831. The molecule has 54 valence electrons. The molecular formula is C8H12N2. The van der Waals surface area contributed by atoms with E-state index in [-0.39, 0.29) is 5.84 Å². The number of terminal acetylenes is 1. The molecular weight excluding hydrogens is 124 g/mol. The summed E-state index contributed by atoms with van der Waals surface area (Å²) >= 11 is 0. The molecule has 0 radical (unpaired) electrons. The first-order valence-corrected chi connectivity index (χ1v) is 3.22. The summed E-state index contributed by atoms with van der Waals surface area (Å²) in [6.07, 6.45) is 8.32. The molecule has 0 aromatic carbocycles. The van der Waals surface area contributed by atoms with E-state index in [4.69, 9.17) is 17.6 Å². The maximum atomic E-state index is 7.07. The average molecular weight is 136 g/mol. The van der Waals surface area contributed by atoms with Crippen molar-refractivity contribution in [2.45, 2.75) is 19.8 Å². The molecule has 0 fully saturated rings. The van der Waals surface area contributed by atoms with Gasteiger partial charge in [0.2, 0.25) is 0 Å². The van der Waals surface area contributed by atoms with Gasteiger partial charge in [0.05, 0.1) is 0 Å². The van der Waals surface area contributed by atoms with Gasteiger partial charge in [-0.15, -0.1) is 6.42 Å². The Hall–Kier alpha value is -1.23. The second-order valence-electron chi connectivity index (χ2n) is 2.00. The first kappa shape index (κ1) is 8.77. The maximum Gasteiger partial charge on any atom is 0.119 e. The van der Waals surface area contributed by atoms with E-state index in [2.05, 4.69) is 5.92 Å². The Labute approximate surface area is 61.6 Å². The third kappa shape index (κ3) is 2.93. The summed E-state index contributed by atoms with van der Waals surface area (Å²) in [5.74, 6) is 2.43. The van der Waals surface area contributed by atoms with Crippen LogP contribution in [0.15, 0.2) is 11.6 Å². The number of allylic oxidation sites excluding steroid dienone is 1. The monoisotopic (exact) mass is 136 g/mol. The number of nitrogens with two attached hydrogens (primary N) is 1. The molecule has 0 aliphatic heterocycles. The van der Waals surface area contributed by atoms with Gasteiger partial charge in [0, 0.05) is 5.57 Å². The van der Waals surface area contributed by atoms with Crippen LogP contribution in [0.1, 0.15) is 19.8 Å². The lowest BCUT2D eigenvalue weighted by Gasteiger charge is -1.99. The highest BCUT2D eigenvalue weighted by Crippen LogP contribution is 2.02. The molecule has 3 N–H and O–H groups in total. The first-order valence-electron chi connectivity index (χ1n) is 3.22. The van der Waals surface area contributed by atoms with Gasteiger partial charge in [-0.1, -0.05) is 19.3 Å². The summed E-state index contributed by atoms with van der Waals surface area (Å²) in [4.78, 5) is 0. The van der Waals surface area contributed by atoms with E-state index >= 15 is 0 Å². The molecule has 0 amide bonds. The molecule has 0 saturated carbocycles. The molecule has 0 spiro atoms. The molecule has 2 nitrogen and oxygen atoms in total. The zero-order valence-corrected chi connectivity index (χ0v) is 6.15. The van der Waals surface area contributed by atoms with Gasteiger partial charge in [0.1, 0.15) is 5.84 Å². The third-order valence-electron chi connectivity index (χ3n) is 1.12. The summed E-state index contributed by atoms with van der Waals surface area (Å²) in [7, 11) is 0. The van der Waals surface area contributed by atoms with E-state index in [0.717, 1.165) is 18.4 Å². The highest BCUT2D eigenvalue weighted by atomic mass is 14.7. The second-order valence-corrected chi connectivity index (χ2v) is 2.00. The lowest BCUT2D eigenvalue weighted by molar-refractivity contribution is 0.932. The van der Waals surface area contributed by atoms with E-state index in [1.807, 2.05) is 6.92 Å². The van der Waals surface area contributed by atoms with Crippen molar-refractivity contribution in [3.63, 3.8) is 0 Å². The molecule has 0 aliphatic carbocycles. The van der Waals surface area contributed by atoms with Crippen LogP contribution in [-0.2, 0) is 0 Å². The van der Waals surface area contributed by atoms with Gasteiger partial charge in [0.15, 0.2) is 0 Å². The van der Waals surface area contributed by atoms with Crippen LogP contribution < -0.4 is 5.73 Å². The Morgan fingerprint density at radius 2 is 2.40 bits per heavy atom. The van der Waals surface area contributed by atoms with Gasteiger partial charge in [-0.25, -0.2) is 0 Å². The molecule has 0 unspecified atom stereocenters. The highest BCUT2D eigenvalue weighted by molar-refractivity contribution is 5.94. The van der Waals surface area contributed by atoms with Gasteiger partial charge in [-0.05, 0) is 12.5 Å². The molecule has 0 bridgehead atoms. The third-order valence-corrected chi connectivity index (χ3v) is 1.12. The van der Waals surface area contributed by atoms with Crippen LogP contribution in [0.3, 0.4) is 0 Å². The van der Waals surface area contributed by atoms with Crippen molar-refractivity contribution in [2.24, 2.45) is 5.73 Å². The van der Waals surface area contributed by atoms with Gasteiger partial charge >= 0.3 is 0 Å². The maximum absolute atomic E-state index is 7.07. The minimum atomic E-state index is 0.0831. The van der Waals surface area contributed by atoms with E-state index in [0.29, 0.717) is 0 Å². The van der Waals surface area contributed by atoms with Crippen LogP contribution in [-0.4, -0.2) is 5.84 Å². The van der Waals surface area contributed by atoms with Crippen molar-refractivity contribution >= 4 is 5.84 Å². The molecule has 2 heteroatoms. The Kier molecular flexibility index (Phi) is 4.06. The summed E-state index contributed by atoms with van der Waals surface area (Å²) in [5, 5.41) is 7.07. The zero-order valence-electron chi connectivity index (χ0n) is 6.15. The standard InChI is InChI=1S/C8H12N2/c1-3-5-7(6-4-2)8(9)10/h1,5H,4,6H2,2H3,(H3,9,10)/b7-5+. The van der Waals surface area contributed by atoms with Crippen molar-refractivity contribution in [3.05, 3.63) is 11.6 Å². The van der Waals surface area contributed by atoms with Crippen LogP contribution in [0, 0.1) is 17.8 Å². The second kappa shape index (κ2) is 4.63. The quantitative estimate of drug-likeness (QED) is 0.343. The zero-order chi connectivity index (χ0) is 7.98. The summed E-state index contributed by atoms with van der Waals surface area (Å²) in [6, 6.07) is 0. The van der Waals surface area contributed by atoms with Crippen molar-refractivity contribution < 1.29 is 0 Å². The van der Waals surface area contributed by atoms with Crippen molar-refractivity contribution in [1.82, 2.24) is 0 Å². The molecule has 0 aliphatic rings. The summed E-state index contributed by atoms with van der Waals surface area (Å²) in [5.41, 5.74) is 5.98. The normalized spacial score (nSPS) is 10.6. The van der Waals surface area contributed by atoms with Crippen molar-refractivity contribution in [3.8, 4) is 12.3 Å². The largest absolute Gasteiger partial charge is 0.384 e. The summed E-state index contributed by atoms with van der Waals surface area (Å²) in [6.45, 7) is 2.02. The molecule has 0 aromatic rings. The van der Waals surface area contributed by atoms with Gasteiger partial charge in [0.25, 0.3) is 0 Å². The van der Waals surface area contributed by atoms with Crippen LogP contribution in [0.25, 0.3) is 0 Å². The molecule has 0 rings (SSSR count). The fourth-order valence-electron chi connectivity index (χ4n) is 0.655. The topological polar surface area (TPSA) is 49.9 Å². The predicted octanol–water partition coefficient (Wildman–Crippen LogP) is 1.28. The van der Waals surface area contributed by atoms with Crippen LogP contribution in [0.2, 0.25) is 0 Å². The molecule has 0 aromatic heterocycles. The first-order chi connectivity index (χ1) is 4.72. The van der Waals surface area contributed by atoms with E-state index in [1.54, 1.807) is 6.08 Å².